The van der Waals surface area contributed by atoms with Crippen LogP contribution in [0.3, 0.4) is 0 Å². The molecular formula is C39H78NO7P. The van der Waals surface area contributed by atoms with Crippen LogP contribution in [0.25, 0.3) is 0 Å². The maximum absolute atomic E-state index is 12.5. The lowest BCUT2D eigenvalue weighted by Gasteiger charge is -2.20. The molecule has 0 radical (unpaired) electrons. The van der Waals surface area contributed by atoms with Gasteiger partial charge in [0.25, 0.3) is 0 Å². The van der Waals surface area contributed by atoms with Crippen molar-refractivity contribution in [3.05, 3.63) is 12.2 Å². The van der Waals surface area contributed by atoms with Crippen molar-refractivity contribution in [2.45, 2.75) is 200 Å². The third kappa shape index (κ3) is 36.5. The van der Waals surface area contributed by atoms with Crippen molar-refractivity contribution in [1.82, 2.24) is 0 Å². The molecule has 0 rings (SSSR count). The van der Waals surface area contributed by atoms with E-state index >= 15 is 0 Å². The van der Waals surface area contributed by atoms with Gasteiger partial charge >= 0.3 is 13.8 Å². The van der Waals surface area contributed by atoms with Gasteiger partial charge in [0.05, 0.1) is 19.8 Å². The van der Waals surface area contributed by atoms with Crippen LogP contribution in [0, 0.1) is 0 Å². The van der Waals surface area contributed by atoms with Gasteiger partial charge in [0.1, 0.15) is 6.10 Å². The Labute approximate surface area is 296 Å². The maximum atomic E-state index is 12.5. The Bertz CT molecular complexity index is 752. The van der Waals surface area contributed by atoms with E-state index in [1.165, 1.54) is 141 Å². The molecule has 0 aromatic carbocycles. The van der Waals surface area contributed by atoms with Crippen LogP contribution >= 0.6 is 7.82 Å². The molecule has 0 fully saturated rings. The summed E-state index contributed by atoms with van der Waals surface area (Å²) in [4.78, 5) is 22.3. The molecule has 0 spiro atoms. The number of esters is 1. The number of rotatable bonds is 39. The molecule has 0 heterocycles. The molecule has 48 heavy (non-hydrogen) atoms. The Morgan fingerprint density at radius 1 is 0.604 bits per heavy atom. The minimum absolute atomic E-state index is 0.0929. The van der Waals surface area contributed by atoms with E-state index in [9.17, 15) is 14.3 Å². The third-order valence-electron chi connectivity index (χ3n) is 8.68. The number of carbonyl (C=O) groups excluding carboxylic acids is 1. The van der Waals surface area contributed by atoms with Gasteiger partial charge in [0.2, 0.25) is 0 Å². The first-order valence-corrected chi connectivity index (χ1v) is 21.7. The van der Waals surface area contributed by atoms with Crippen LogP contribution in [0.15, 0.2) is 12.2 Å². The number of hydrogen-bond acceptors (Lipinski definition) is 7. The van der Waals surface area contributed by atoms with Crippen molar-refractivity contribution in [3.63, 3.8) is 0 Å². The zero-order valence-electron chi connectivity index (χ0n) is 31.5. The first-order chi connectivity index (χ1) is 23.4. The summed E-state index contributed by atoms with van der Waals surface area (Å²) in [6.07, 6.45) is 38.3. The Hall–Kier alpha value is -0.760. The van der Waals surface area contributed by atoms with Gasteiger partial charge in [-0.05, 0) is 38.5 Å². The second-order valence-electron chi connectivity index (χ2n) is 13.5. The number of unbranched alkanes of at least 4 members (excludes halogenated alkanes) is 24. The lowest BCUT2D eigenvalue weighted by molar-refractivity contribution is -0.154. The van der Waals surface area contributed by atoms with Crippen LogP contribution in [0.1, 0.15) is 194 Å². The Kier molecular flexibility index (Phi) is 36.9. The summed E-state index contributed by atoms with van der Waals surface area (Å²) < 4.78 is 33.1. The van der Waals surface area contributed by atoms with Crippen molar-refractivity contribution >= 4 is 13.8 Å². The Balaban J connectivity index is 3.82. The minimum Gasteiger partial charge on any atom is -0.457 e. The molecule has 286 valence electrons. The van der Waals surface area contributed by atoms with E-state index in [4.69, 9.17) is 24.3 Å². The van der Waals surface area contributed by atoms with E-state index in [0.29, 0.717) is 13.0 Å². The highest BCUT2D eigenvalue weighted by atomic mass is 31.2. The average Bonchev–Trinajstić information content (AvgIpc) is 3.07. The number of ether oxygens (including phenoxy) is 2. The molecule has 0 aromatic heterocycles. The molecule has 0 aliphatic rings. The molecule has 3 N–H and O–H groups in total. The van der Waals surface area contributed by atoms with E-state index in [2.05, 4.69) is 26.0 Å². The number of carbonyl (C=O) groups is 1. The topological polar surface area (TPSA) is 117 Å². The predicted molar refractivity (Wildman–Crippen MR) is 201 cm³/mol. The monoisotopic (exact) mass is 704 g/mol. The Morgan fingerprint density at radius 3 is 1.52 bits per heavy atom. The molecule has 0 aliphatic carbocycles. The zero-order chi connectivity index (χ0) is 35.2. The fourth-order valence-corrected chi connectivity index (χ4v) is 6.46. The standard InChI is InChI=1S/C39H78NO7P/c1-3-5-7-9-11-12-13-14-15-16-17-18-19-20-21-22-23-24-25-26-27-28-30-32-39(41)47-38(37-46-48(42,43)45-35-33-40)36-44-34-31-29-10-8-6-4-2/h16-17,38H,3-15,18-37,40H2,1-2H3,(H,42,43)/b17-16-. The fourth-order valence-electron chi connectivity index (χ4n) is 5.70. The summed E-state index contributed by atoms with van der Waals surface area (Å²) in [5.74, 6) is -0.332. The lowest BCUT2D eigenvalue weighted by atomic mass is 10.0. The van der Waals surface area contributed by atoms with Crippen molar-refractivity contribution in [2.24, 2.45) is 5.73 Å². The summed E-state index contributed by atoms with van der Waals surface area (Å²) in [5, 5.41) is 0. The van der Waals surface area contributed by atoms with Crippen molar-refractivity contribution in [1.29, 1.82) is 0 Å². The minimum atomic E-state index is -4.26. The van der Waals surface area contributed by atoms with Crippen LogP contribution in [0.5, 0.6) is 0 Å². The second-order valence-corrected chi connectivity index (χ2v) is 15.0. The van der Waals surface area contributed by atoms with Crippen LogP contribution < -0.4 is 5.73 Å². The highest BCUT2D eigenvalue weighted by Gasteiger charge is 2.25. The first kappa shape index (κ1) is 47.2. The summed E-state index contributed by atoms with van der Waals surface area (Å²) in [6.45, 7) is 4.89. The molecule has 8 nitrogen and oxygen atoms in total. The molecule has 0 amide bonds. The summed E-state index contributed by atoms with van der Waals surface area (Å²) >= 11 is 0. The van der Waals surface area contributed by atoms with Crippen molar-refractivity contribution in [3.8, 4) is 0 Å². The fraction of sp³-hybridized carbons (Fsp3) is 0.923. The van der Waals surface area contributed by atoms with Crippen molar-refractivity contribution < 1.29 is 32.8 Å². The smallest absolute Gasteiger partial charge is 0.457 e. The molecule has 9 heteroatoms. The van der Waals surface area contributed by atoms with Crippen LogP contribution in [-0.4, -0.2) is 49.9 Å². The van der Waals surface area contributed by atoms with Gasteiger partial charge in [-0.1, -0.05) is 161 Å². The van der Waals surface area contributed by atoms with E-state index in [1.54, 1.807) is 0 Å². The maximum Gasteiger partial charge on any atom is 0.472 e. The van der Waals surface area contributed by atoms with E-state index in [1.807, 2.05) is 0 Å². The SMILES string of the molecule is CCCCCCCCCC/C=C\CCCCCCCCCCCCCC(=O)OC(COCCCCCCCC)COP(=O)(O)OCCN. The van der Waals surface area contributed by atoms with Crippen LogP contribution in [0.4, 0.5) is 0 Å². The Morgan fingerprint density at radius 2 is 1.04 bits per heavy atom. The number of phosphoric ester groups is 1. The third-order valence-corrected chi connectivity index (χ3v) is 9.67. The summed E-state index contributed by atoms with van der Waals surface area (Å²) in [5.41, 5.74) is 5.34. The number of allylic oxidation sites excluding steroid dienone is 2. The van der Waals surface area contributed by atoms with Gasteiger partial charge in [-0.15, -0.1) is 0 Å². The summed E-state index contributed by atoms with van der Waals surface area (Å²) in [6, 6.07) is 0. The highest BCUT2D eigenvalue weighted by molar-refractivity contribution is 7.47. The lowest BCUT2D eigenvalue weighted by Crippen LogP contribution is -2.28. The average molecular weight is 704 g/mol. The molecule has 2 unspecified atom stereocenters. The number of nitrogens with two attached hydrogens (primary N) is 1. The van der Waals surface area contributed by atoms with Gasteiger partial charge < -0.3 is 20.1 Å². The molecular weight excluding hydrogens is 625 g/mol. The number of hydrogen-bond donors (Lipinski definition) is 2. The van der Waals surface area contributed by atoms with Gasteiger partial charge in [0.15, 0.2) is 0 Å². The van der Waals surface area contributed by atoms with Gasteiger partial charge in [-0.25, -0.2) is 4.57 Å². The van der Waals surface area contributed by atoms with Crippen molar-refractivity contribution in [2.75, 3.05) is 33.0 Å². The molecule has 0 bridgehead atoms. The van der Waals surface area contributed by atoms with E-state index < -0.39 is 13.9 Å². The van der Waals surface area contributed by atoms with Crippen LogP contribution in [-0.2, 0) is 27.9 Å². The second kappa shape index (κ2) is 37.5. The molecule has 0 aromatic rings. The molecule has 2 atom stereocenters. The quantitative estimate of drug-likeness (QED) is 0.0281. The normalized spacial score (nSPS) is 13.7. The first-order valence-electron chi connectivity index (χ1n) is 20.2. The van der Waals surface area contributed by atoms with E-state index in [-0.39, 0.29) is 32.3 Å². The largest absolute Gasteiger partial charge is 0.472 e. The zero-order valence-corrected chi connectivity index (χ0v) is 32.4. The summed E-state index contributed by atoms with van der Waals surface area (Å²) in [7, 11) is -4.26. The number of phosphoric acid groups is 1. The van der Waals surface area contributed by atoms with Gasteiger partial charge in [-0.3, -0.25) is 13.8 Å². The van der Waals surface area contributed by atoms with E-state index in [0.717, 1.165) is 32.1 Å². The molecule has 0 saturated heterocycles. The van der Waals surface area contributed by atoms with Gasteiger partial charge in [0, 0.05) is 19.6 Å². The molecule has 0 aliphatic heterocycles. The molecule has 0 saturated carbocycles. The van der Waals surface area contributed by atoms with Gasteiger partial charge in [-0.2, -0.15) is 0 Å². The van der Waals surface area contributed by atoms with Crippen LogP contribution in [0.2, 0.25) is 0 Å². The predicted octanol–water partition coefficient (Wildman–Crippen LogP) is 11.5. The highest BCUT2D eigenvalue weighted by Crippen LogP contribution is 2.43.